The van der Waals surface area contributed by atoms with Crippen LogP contribution >= 0.6 is 0 Å². The molecule has 2 rings (SSSR count). The largest absolute Gasteiger partial charge is 0.387 e. The van der Waals surface area contributed by atoms with Gasteiger partial charge >= 0.3 is 0 Å². The van der Waals surface area contributed by atoms with Gasteiger partial charge in [0.1, 0.15) is 0 Å². The van der Waals surface area contributed by atoms with Gasteiger partial charge in [0.25, 0.3) is 0 Å². The van der Waals surface area contributed by atoms with Crippen molar-refractivity contribution in [2.75, 3.05) is 6.54 Å². The standard InChI is InChI=1S/C18H21NO3S/c1-14-7-9-16(10-8-14)11-12-23(21,22)19-13-18(20)17-6-4-3-5-15(17)2/h3-12,18-20H,13H2,1-2H3/b12-11+. The summed E-state index contributed by atoms with van der Waals surface area (Å²) in [5.74, 6) is 0. The van der Waals surface area contributed by atoms with E-state index in [1.807, 2.05) is 56.3 Å². The number of hydrogen-bond acceptors (Lipinski definition) is 3. The molecule has 0 aliphatic rings. The molecule has 0 saturated carbocycles. The van der Waals surface area contributed by atoms with Gasteiger partial charge < -0.3 is 5.11 Å². The Morgan fingerprint density at radius 1 is 1.09 bits per heavy atom. The van der Waals surface area contributed by atoms with E-state index in [0.717, 1.165) is 27.7 Å². The predicted molar refractivity (Wildman–Crippen MR) is 93.3 cm³/mol. The number of sulfonamides is 1. The number of aliphatic hydroxyl groups is 1. The fourth-order valence-corrected chi connectivity index (χ4v) is 2.98. The topological polar surface area (TPSA) is 66.4 Å². The summed E-state index contributed by atoms with van der Waals surface area (Å²) in [5.41, 5.74) is 3.57. The summed E-state index contributed by atoms with van der Waals surface area (Å²) in [7, 11) is -3.60. The van der Waals surface area contributed by atoms with Gasteiger partial charge in [-0.1, -0.05) is 54.1 Å². The first-order chi connectivity index (χ1) is 10.9. The molecule has 0 aliphatic carbocycles. The number of nitrogens with one attached hydrogen (secondary N) is 1. The smallest absolute Gasteiger partial charge is 0.233 e. The SMILES string of the molecule is Cc1ccc(/C=C/S(=O)(=O)NCC(O)c2ccccc2C)cc1. The fraction of sp³-hybridized carbons (Fsp3) is 0.222. The van der Waals surface area contributed by atoms with Crippen molar-refractivity contribution < 1.29 is 13.5 Å². The fourth-order valence-electron chi connectivity index (χ4n) is 2.16. The Bertz CT molecular complexity index is 780. The van der Waals surface area contributed by atoms with Gasteiger partial charge in [-0.25, -0.2) is 13.1 Å². The first-order valence-electron chi connectivity index (χ1n) is 7.35. The number of aryl methyl sites for hydroxylation is 2. The van der Waals surface area contributed by atoms with E-state index < -0.39 is 16.1 Å². The molecule has 122 valence electrons. The van der Waals surface area contributed by atoms with E-state index in [1.165, 1.54) is 6.08 Å². The van der Waals surface area contributed by atoms with Crippen LogP contribution in [0.4, 0.5) is 0 Å². The number of aliphatic hydroxyl groups excluding tert-OH is 1. The summed E-state index contributed by atoms with van der Waals surface area (Å²) in [6.45, 7) is 3.79. The van der Waals surface area contributed by atoms with Crippen LogP contribution in [0.15, 0.2) is 53.9 Å². The molecule has 0 aliphatic heterocycles. The van der Waals surface area contributed by atoms with Crippen molar-refractivity contribution in [1.29, 1.82) is 0 Å². The third-order valence-electron chi connectivity index (χ3n) is 3.54. The minimum absolute atomic E-state index is 0.0641. The average Bonchev–Trinajstić information content (AvgIpc) is 2.53. The zero-order valence-electron chi connectivity index (χ0n) is 13.2. The van der Waals surface area contributed by atoms with Crippen molar-refractivity contribution in [1.82, 2.24) is 4.72 Å². The van der Waals surface area contributed by atoms with Crippen molar-refractivity contribution in [3.63, 3.8) is 0 Å². The van der Waals surface area contributed by atoms with Crippen LogP contribution in [0.25, 0.3) is 6.08 Å². The van der Waals surface area contributed by atoms with Gasteiger partial charge in [0, 0.05) is 12.0 Å². The van der Waals surface area contributed by atoms with Crippen LogP contribution in [-0.2, 0) is 10.0 Å². The molecule has 0 fully saturated rings. The van der Waals surface area contributed by atoms with Crippen LogP contribution in [0.5, 0.6) is 0 Å². The number of rotatable bonds is 6. The lowest BCUT2D eigenvalue weighted by atomic mass is 10.0. The van der Waals surface area contributed by atoms with Gasteiger partial charge in [-0.2, -0.15) is 0 Å². The Labute approximate surface area is 137 Å². The molecule has 4 nitrogen and oxygen atoms in total. The lowest BCUT2D eigenvalue weighted by Gasteiger charge is -2.13. The third kappa shape index (κ3) is 5.32. The lowest BCUT2D eigenvalue weighted by Crippen LogP contribution is -2.27. The number of hydrogen-bond donors (Lipinski definition) is 2. The van der Waals surface area contributed by atoms with E-state index in [-0.39, 0.29) is 6.54 Å². The maximum atomic E-state index is 12.0. The maximum absolute atomic E-state index is 12.0. The second-order valence-corrected chi connectivity index (χ2v) is 7.13. The van der Waals surface area contributed by atoms with Crippen LogP contribution in [-0.4, -0.2) is 20.1 Å². The lowest BCUT2D eigenvalue weighted by molar-refractivity contribution is 0.181. The summed E-state index contributed by atoms with van der Waals surface area (Å²) in [6, 6.07) is 14.9. The van der Waals surface area contributed by atoms with Crippen molar-refractivity contribution in [3.05, 3.63) is 76.2 Å². The Morgan fingerprint density at radius 2 is 1.74 bits per heavy atom. The molecule has 1 atom stereocenters. The molecular formula is C18H21NO3S. The molecule has 5 heteroatoms. The first-order valence-corrected chi connectivity index (χ1v) is 8.90. The van der Waals surface area contributed by atoms with Gasteiger partial charge in [0.05, 0.1) is 6.10 Å². The maximum Gasteiger partial charge on any atom is 0.233 e. The molecule has 1 unspecified atom stereocenters. The van der Waals surface area contributed by atoms with Crippen LogP contribution < -0.4 is 4.72 Å². The van der Waals surface area contributed by atoms with E-state index in [0.29, 0.717) is 0 Å². The van der Waals surface area contributed by atoms with Gasteiger partial charge in [-0.15, -0.1) is 0 Å². The van der Waals surface area contributed by atoms with Crippen LogP contribution in [0, 0.1) is 13.8 Å². The summed E-state index contributed by atoms with van der Waals surface area (Å²) < 4.78 is 26.4. The van der Waals surface area contributed by atoms with E-state index in [4.69, 9.17) is 0 Å². The highest BCUT2D eigenvalue weighted by Gasteiger charge is 2.13. The summed E-state index contributed by atoms with van der Waals surface area (Å²) in [6.07, 6.45) is 0.654. The summed E-state index contributed by atoms with van der Waals surface area (Å²) >= 11 is 0. The minimum atomic E-state index is -3.60. The van der Waals surface area contributed by atoms with Gasteiger partial charge in [-0.3, -0.25) is 0 Å². The molecule has 0 bridgehead atoms. The Hall–Kier alpha value is -1.95. The van der Waals surface area contributed by atoms with E-state index in [1.54, 1.807) is 6.07 Å². The van der Waals surface area contributed by atoms with Gasteiger partial charge in [0.2, 0.25) is 10.0 Å². The average molecular weight is 331 g/mol. The molecule has 0 spiro atoms. The highest BCUT2D eigenvalue weighted by atomic mass is 32.2. The molecule has 2 aromatic rings. The van der Waals surface area contributed by atoms with E-state index in [2.05, 4.69) is 4.72 Å². The van der Waals surface area contributed by atoms with Crippen molar-refractivity contribution >= 4 is 16.1 Å². The van der Waals surface area contributed by atoms with Crippen LogP contribution in [0.1, 0.15) is 28.4 Å². The van der Waals surface area contributed by atoms with E-state index in [9.17, 15) is 13.5 Å². The Kier molecular flexibility index (Phi) is 5.71. The third-order valence-corrected chi connectivity index (χ3v) is 4.61. The highest BCUT2D eigenvalue weighted by molar-refractivity contribution is 7.92. The van der Waals surface area contributed by atoms with Gasteiger partial charge in [0.15, 0.2) is 0 Å². The summed E-state index contributed by atoms with van der Waals surface area (Å²) in [5, 5.41) is 11.2. The van der Waals surface area contributed by atoms with Crippen LogP contribution in [0.2, 0.25) is 0 Å². The van der Waals surface area contributed by atoms with Crippen LogP contribution in [0.3, 0.4) is 0 Å². The van der Waals surface area contributed by atoms with Crippen molar-refractivity contribution in [2.24, 2.45) is 0 Å². The molecule has 2 aromatic carbocycles. The van der Waals surface area contributed by atoms with E-state index >= 15 is 0 Å². The molecule has 0 heterocycles. The predicted octanol–water partition coefficient (Wildman–Crippen LogP) is 2.93. The Balaban J connectivity index is 1.98. The van der Waals surface area contributed by atoms with Crippen molar-refractivity contribution in [2.45, 2.75) is 20.0 Å². The second-order valence-electron chi connectivity index (χ2n) is 5.48. The molecule has 0 saturated heterocycles. The minimum Gasteiger partial charge on any atom is -0.387 e. The molecule has 0 radical (unpaired) electrons. The van der Waals surface area contributed by atoms with Gasteiger partial charge in [-0.05, 0) is 36.6 Å². The Morgan fingerprint density at radius 3 is 2.39 bits per heavy atom. The highest BCUT2D eigenvalue weighted by Crippen LogP contribution is 2.16. The zero-order chi connectivity index (χ0) is 16.9. The van der Waals surface area contributed by atoms with Crippen molar-refractivity contribution in [3.8, 4) is 0 Å². The molecule has 2 N–H and O–H groups in total. The first kappa shape index (κ1) is 17.4. The quantitative estimate of drug-likeness (QED) is 0.855. The molecule has 0 aromatic heterocycles. The molecule has 0 amide bonds. The molecule has 23 heavy (non-hydrogen) atoms. The number of benzene rings is 2. The monoisotopic (exact) mass is 331 g/mol. The molecular weight excluding hydrogens is 310 g/mol. The zero-order valence-corrected chi connectivity index (χ0v) is 14.0. The normalized spacial score (nSPS) is 13.3. The second kappa shape index (κ2) is 7.55. The summed E-state index contributed by atoms with van der Waals surface area (Å²) in [4.78, 5) is 0.